The van der Waals surface area contributed by atoms with Gasteiger partial charge in [-0.05, 0) is 55.6 Å². The number of fused-ring (bicyclic) bond motifs is 1. The highest BCUT2D eigenvalue weighted by atomic mass is 16.1. The molecule has 1 aliphatic rings. The largest absolute Gasteiger partial charge is 0.326 e. The molecule has 5 rings (SSSR count). The molecule has 1 N–H and O–H groups in total. The molecule has 0 aliphatic carbocycles. The number of aryl methyl sites for hydroxylation is 3. The maximum absolute atomic E-state index is 12.3. The molecule has 1 unspecified atom stereocenters. The van der Waals surface area contributed by atoms with Gasteiger partial charge in [-0.3, -0.25) is 9.47 Å². The van der Waals surface area contributed by atoms with Crippen LogP contribution in [0.4, 0.5) is 0 Å². The Labute approximate surface area is 201 Å². The molecule has 0 spiro atoms. The monoisotopic (exact) mass is 454 g/mol. The van der Waals surface area contributed by atoms with Gasteiger partial charge in [-0.25, -0.2) is 4.79 Å². The van der Waals surface area contributed by atoms with Gasteiger partial charge < -0.3 is 9.88 Å². The molecule has 0 bridgehead atoms. The summed E-state index contributed by atoms with van der Waals surface area (Å²) in [5, 5.41) is 0. The number of hydrogen-bond donors (Lipinski definition) is 1. The molecule has 0 saturated carbocycles. The number of aromatic amines is 1. The van der Waals surface area contributed by atoms with Crippen molar-refractivity contribution in [3.8, 4) is 0 Å². The van der Waals surface area contributed by atoms with E-state index in [1.54, 1.807) is 0 Å². The first-order valence-electron chi connectivity index (χ1n) is 12.4. The van der Waals surface area contributed by atoms with E-state index in [9.17, 15) is 4.79 Å². The summed E-state index contributed by atoms with van der Waals surface area (Å²) in [7, 11) is 0. The standard InChI is InChI=1S/C29H34N4O/c1-22-13-14-23(2)25(21-22)28(24-9-4-3-5-10-24)32-19-17-31(18-20-32)15-8-16-33-27-12-7-6-11-26(27)30-29(33)34/h3-7,9-14,21,28H,8,15-20H2,1-2H3,(H,30,34). The van der Waals surface area contributed by atoms with Crippen molar-refractivity contribution in [2.24, 2.45) is 0 Å². The second kappa shape index (κ2) is 10.00. The number of rotatable bonds is 7. The van der Waals surface area contributed by atoms with Crippen molar-refractivity contribution in [1.82, 2.24) is 19.4 Å². The second-order valence-electron chi connectivity index (χ2n) is 9.50. The lowest BCUT2D eigenvalue weighted by Crippen LogP contribution is -2.48. The summed E-state index contributed by atoms with van der Waals surface area (Å²) < 4.78 is 1.87. The Morgan fingerprint density at radius 2 is 1.59 bits per heavy atom. The number of para-hydroxylation sites is 2. The molecular weight excluding hydrogens is 420 g/mol. The lowest BCUT2D eigenvalue weighted by Gasteiger charge is -2.40. The topological polar surface area (TPSA) is 44.3 Å². The Bertz CT molecular complexity index is 1300. The fourth-order valence-corrected chi connectivity index (χ4v) is 5.30. The second-order valence-corrected chi connectivity index (χ2v) is 9.50. The van der Waals surface area contributed by atoms with Gasteiger partial charge in [0.25, 0.3) is 0 Å². The van der Waals surface area contributed by atoms with Crippen LogP contribution >= 0.6 is 0 Å². The van der Waals surface area contributed by atoms with E-state index in [0.29, 0.717) is 0 Å². The summed E-state index contributed by atoms with van der Waals surface area (Å²) in [6.07, 6.45) is 0.973. The Morgan fingerprint density at radius 1 is 0.853 bits per heavy atom. The molecule has 34 heavy (non-hydrogen) atoms. The van der Waals surface area contributed by atoms with Gasteiger partial charge in [-0.1, -0.05) is 66.2 Å². The van der Waals surface area contributed by atoms with E-state index in [2.05, 4.69) is 77.2 Å². The number of nitrogens with one attached hydrogen (secondary N) is 1. The highest BCUT2D eigenvalue weighted by molar-refractivity contribution is 5.74. The Morgan fingerprint density at radius 3 is 2.38 bits per heavy atom. The van der Waals surface area contributed by atoms with Crippen LogP contribution in [0, 0.1) is 13.8 Å². The van der Waals surface area contributed by atoms with Gasteiger partial charge in [-0.15, -0.1) is 0 Å². The minimum atomic E-state index is -0.00903. The van der Waals surface area contributed by atoms with E-state index in [0.717, 1.165) is 56.7 Å². The van der Waals surface area contributed by atoms with Gasteiger partial charge in [-0.2, -0.15) is 0 Å². The van der Waals surface area contributed by atoms with Crippen molar-refractivity contribution in [2.75, 3.05) is 32.7 Å². The number of aromatic nitrogens is 2. The Kier molecular flexibility index (Phi) is 6.66. The minimum Gasteiger partial charge on any atom is -0.306 e. The van der Waals surface area contributed by atoms with Gasteiger partial charge in [0.2, 0.25) is 0 Å². The van der Waals surface area contributed by atoms with Gasteiger partial charge in [0.15, 0.2) is 0 Å². The van der Waals surface area contributed by atoms with Crippen LogP contribution in [0.25, 0.3) is 11.0 Å². The van der Waals surface area contributed by atoms with E-state index >= 15 is 0 Å². The normalized spacial score (nSPS) is 16.2. The lowest BCUT2D eigenvalue weighted by molar-refractivity contribution is 0.107. The van der Waals surface area contributed by atoms with Crippen molar-refractivity contribution in [3.05, 3.63) is 106 Å². The van der Waals surface area contributed by atoms with E-state index in [-0.39, 0.29) is 11.7 Å². The van der Waals surface area contributed by atoms with Crippen LogP contribution in [0.15, 0.2) is 77.6 Å². The third-order valence-electron chi connectivity index (χ3n) is 7.15. The summed E-state index contributed by atoms with van der Waals surface area (Å²) in [5.74, 6) is 0. The van der Waals surface area contributed by atoms with Gasteiger partial charge in [0.05, 0.1) is 17.1 Å². The zero-order valence-corrected chi connectivity index (χ0v) is 20.2. The zero-order chi connectivity index (χ0) is 23.5. The van der Waals surface area contributed by atoms with Crippen molar-refractivity contribution in [3.63, 3.8) is 0 Å². The van der Waals surface area contributed by atoms with Crippen LogP contribution in [-0.4, -0.2) is 52.1 Å². The Balaban J connectivity index is 1.24. The summed E-state index contributed by atoms with van der Waals surface area (Å²) in [4.78, 5) is 20.5. The number of piperazine rings is 1. The smallest absolute Gasteiger partial charge is 0.306 e. The maximum Gasteiger partial charge on any atom is 0.326 e. The molecule has 0 radical (unpaired) electrons. The number of hydrogen-bond acceptors (Lipinski definition) is 3. The molecule has 1 atom stereocenters. The van der Waals surface area contributed by atoms with Crippen molar-refractivity contribution < 1.29 is 0 Å². The number of imidazole rings is 1. The molecule has 5 heteroatoms. The third kappa shape index (κ3) is 4.72. The predicted octanol–water partition coefficient (Wildman–Crippen LogP) is 4.74. The van der Waals surface area contributed by atoms with Crippen LogP contribution in [0.5, 0.6) is 0 Å². The number of H-pyrrole nitrogens is 1. The van der Waals surface area contributed by atoms with Crippen LogP contribution in [0.1, 0.15) is 34.7 Å². The predicted molar refractivity (Wildman–Crippen MR) is 139 cm³/mol. The van der Waals surface area contributed by atoms with Crippen LogP contribution in [0.2, 0.25) is 0 Å². The molecule has 0 amide bonds. The molecule has 1 aliphatic heterocycles. The summed E-state index contributed by atoms with van der Waals surface area (Å²) in [5.41, 5.74) is 7.35. The summed E-state index contributed by atoms with van der Waals surface area (Å²) >= 11 is 0. The van der Waals surface area contributed by atoms with Crippen LogP contribution in [0.3, 0.4) is 0 Å². The molecule has 4 aromatic rings. The lowest BCUT2D eigenvalue weighted by atomic mass is 9.92. The Hall–Kier alpha value is -3.15. The van der Waals surface area contributed by atoms with E-state index in [4.69, 9.17) is 0 Å². The highest BCUT2D eigenvalue weighted by Gasteiger charge is 2.27. The number of benzene rings is 3. The minimum absolute atomic E-state index is 0.00903. The highest BCUT2D eigenvalue weighted by Crippen LogP contribution is 2.32. The zero-order valence-electron chi connectivity index (χ0n) is 20.2. The average Bonchev–Trinajstić information content (AvgIpc) is 3.18. The number of nitrogens with zero attached hydrogens (tertiary/aromatic N) is 3. The summed E-state index contributed by atoms with van der Waals surface area (Å²) in [6, 6.07) is 26.0. The molecule has 1 saturated heterocycles. The molecule has 1 aromatic heterocycles. The van der Waals surface area contributed by atoms with E-state index < -0.39 is 0 Å². The fourth-order valence-electron chi connectivity index (χ4n) is 5.30. The van der Waals surface area contributed by atoms with Gasteiger partial charge in [0.1, 0.15) is 0 Å². The first kappa shape index (κ1) is 22.6. The first-order chi connectivity index (χ1) is 16.6. The first-order valence-corrected chi connectivity index (χ1v) is 12.4. The summed E-state index contributed by atoms with van der Waals surface area (Å²) in [6.45, 7) is 10.4. The van der Waals surface area contributed by atoms with Gasteiger partial charge >= 0.3 is 5.69 Å². The molecule has 3 aromatic carbocycles. The average molecular weight is 455 g/mol. The van der Waals surface area contributed by atoms with Gasteiger partial charge in [0, 0.05) is 32.7 Å². The molecule has 5 nitrogen and oxygen atoms in total. The fraction of sp³-hybridized carbons (Fsp3) is 0.345. The molecule has 1 fully saturated rings. The van der Waals surface area contributed by atoms with E-state index in [1.807, 2.05) is 28.8 Å². The van der Waals surface area contributed by atoms with Crippen LogP contribution < -0.4 is 5.69 Å². The van der Waals surface area contributed by atoms with Crippen molar-refractivity contribution in [2.45, 2.75) is 32.9 Å². The SMILES string of the molecule is Cc1ccc(C)c(C(c2ccccc2)N2CCN(CCCn3c(=O)[nH]c4ccccc43)CC2)c1. The molecule has 2 heterocycles. The molecule has 176 valence electrons. The van der Waals surface area contributed by atoms with Crippen molar-refractivity contribution in [1.29, 1.82) is 0 Å². The van der Waals surface area contributed by atoms with Crippen molar-refractivity contribution >= 4 is 11.0 Å². The van der Waals surface area contributed by atoms with Crippen LogP contribution in [-0.2, 0) is 6.54 Å². The third-order valence-corrected chi connectivity index (χ3v) is 7.15. The quantitative estimate of drug-likeness (QED) is 0.439. The maximum atomic E-state index is 12.3. The van der Waals surface area contributed by atoms with E-state index in [1.165, 1.54) is 22.3 Å². The molecular formula is C29H34N4O.